The van der Waals surface area contributed by atoms with Crippen LogP contribution in [0.4, 0.5) is 4.39 Å². The molecule has 0 aliphatic rings. The number of carbonyl (C=O) groups is 2. The van der Waals surface area contributed by atoms with Crippen LogP contribution in [0.1, 0.15) is 29.3 Å². The molecule has 0 aliphatic heterocycles. The molecule has 0 heterocycles. The van der Waals surface area contributed by atoms with Gasteiger partial charge in [0.15, 0.2) is 0 Å². The highest BCUT2D eigenvalue weighted by atomic mass is 19.1. The summed E-state index contributed by atoms with van der Waals surface area (Å²) >= 11 is 0. The molecule has 0 saturated heterocycles. The number of benzene rings is 1. The van der Waals surface area contributed by atoms with Gasteiger partial charge in [-0.3, -0.25) is 9.59 Å². The molecule has 0 bridgehead atoms. The number of amides is 2. The van der Waals surface area contributed by atoms with E-state index in [1.165, 1.54) is 6.07 Å². The van der Waals surface area contributed by atoms with Gasteiger partial charge in [0.25, 0.3) is 5.91 Å². The van der Waals surface area contributed by atoms with E-state index in [-0.39, 0.29) is 36.6 Å². The van der Waals surface area contributed by atoms with Crippen molar-refractivity contribution in [3.8, 4) is 11.8 Å². The van der Waals surface area contributed by atoms with Crippen molar-refractivity contribution >= 4 is 11.8 Å². The maximum Gasteiger partial charge on any atom is 0.252 e. The van der Waals surface area contributed by atoms with E-state index in [1.807, 2.05) is 0 Å². The molecule has 1 aromatic rings. The molecule has 0 unspecified atom stereocenters. The third-order valence-corrected chi connectivity index (χ3v) is 2.54. The molecule has 6 heteroatoms. The van der Waals surface area contributed by atoms with Crippen LogP contribution in [-0.4, -0.2) is 36.6 Å². The first kappa shape index (κ1) is 16.7. The summed E-state index contributed by atoms with van der Waals surface area (Å²) in [6.45, 7) is 2.14. The molecular weight excluding hydrogens is 275 g/mol. The monoisotopic (exact) mass is 292 g/mol. The molecule has 0 aliphatic carbocycles. The van der Waals surface area contributed by atoms with E-state index >= 15 is 0 Å². The normalized spacial score (nSPS) is 9.48. The average molecular weight is 292 g/mol. The zero-order chi connectivity index (χ0) is 15.7. The van der Waals surface area contributed by atoms with Crippen LogP contribution in [0.25, 0.3) is 0 Å². The fraction of sp³-hybridized carbons (Fsp3) is 0.333. The molecule has 0 spiro atoms. The van der Waals surface area contributed by atoms with Crippen LogP contribution >= 0.6 is 0 Å². The van der Waals surface area contributed by atoms with Gasteiger partial charge in [-0.15, -0.1) is 0 Å². The molecule has 3 N–H and O–H groups in total. The predicted molar refractivity (Wildman–Crippen MR) is 76.0 cm³/mol. The van der Waals surface area contributed by atoms with Crippen molar-refractivity contribution < 1.29 is 19.1 Å². The van der Waals surface area contributed by atoms with Crippen molar-refractivity contribution in [1.29, 1.82) is 0 Å². The van der Waals surface area contributed by atoms with Gasteiger partial charge in [-0.2, -0.15) is 0 Å². The first-order chi connectivity index (χ1) is 10.1. The number of aliphatic hydroxyl groups is 1. The lowest BCUT2D eigenvalue weighted by Gasteiger charge is -2.07. The third-order valence-electron chi connectivity index (χ3n) is 2.54. The highest BCUT2D eigenvalue weighted by Gasteiger charge is 2.11. The molecule has 0 atom stereocenters. The third kappa shape index (κ3) is 5.63. The number of hydrogen-bond acceptors (Lipinski definition) is 3. The van der Waals surface area contributed by atoms with E-state index in [2.05, 4.69) is 22.5 Å². The number of halogens is 1. The number of carbonyl (C=O) groups excluding carboxylic acids is 2. The molecular formula is C15H17FN2O3. The molecule has 21 heavy (non-hydrogen) atoms. The molecule has 5 nitrogen and oxygen atoms in total. The first-order valence-electron chi connectivity index (χ1n) is 6.52. The lowest BCUT2D eigenvalue weighted by atomic mass is 10.1. The van der Waals surface area contributed by atoms with E-state index in [9.17, 15) is 14.0 Å². The number of rotatable bonds is 5. The minimum absolute atomic E-state index is 0.155. The Balaban J connectivity index is 2.71. The van der Waals surface area contributed by atoms with Crippen molar-refractivity contribution in [2.24, 2.45) is 0 Å². The SMILES string of the molecule is CCNC(=O)CCNC(=O)c1ccc(F)cc1C#CCO. The van der Waals surface area contributed by atoms with Crippen molar-refractivity contribution in [2.45, 2.75) is 13.3 Å². The lowest BCUT2D eigenvalue weighted by Crippen LogP contribution is -2.30. The largest absolute Gasteiger partial charge is 0.384 e. The summed E-state index contributed by atoms with van der Waals surface area (Å²) in [6, 6.07) is 3.60. The van der Waals surface area contributed by atoms with Gasteiger partial charge in [-0.05, 0) is 25.1 Å². The summed E-state index contributed by atoms with van der Waals surface area (Å²) in [5.74, 6) is 3.78. The zero-order valence-electron chi connectivity index (χ0n) is 11.7. The number of nitrogens with one attached hydrogen (secondary N) is 2. The number of aliphatic hydroxyl groups excluding tert-OH is 1. The van der Waals surface area contributed by atoms with Crippen molar-refractivity contribution in [3.05, 3.63) is 35.1 Å². The van der Waals surface area contributed by atoms with Crippen LogP contribution < -0.4 is 10.6 Å². The minimum atomic E-state index is -0.517. The van der Waals surface area contributed by atoms with Crippen LogP contribution in [0, 0.1) is 17.7 Å². The molecule has 0 fully saturated rings. The van der Waals surface area contributed by atoms with Crippen LogP contribution in [0.5, 0.6) is 0 Å². The first-order valence-corrected chi connectivity index (χ1v) is 6.52. The van der Waals surface area contributed by atoms with Crippen molar-refractivity contribution in [1.82, 2.24) is 10.6 Å². The summed E-state index contributed by atoms with van der Waals surface area (Å²) in [6.07, 6.45) is 0.165. The van der Waals surface area contributed by atoms with Crippen molar-refractivity contribution in [3.63, 3.8) is 0 Å². The molecule has 0 radical (unpaired) electrons. The molecule has 112 valence electrons. The zero-order valence-corrected chi connectivity index (χ0v) is 11.7. The van der Waals surface area contributed by atoms with E-state index in [0.29, 0.717) is 6.54 Å². The van der Waals surface area contributed by atoms with Crippen LogP contribution in [-0.2, 0) is 4.79 Å². The van der Waals surface area contributed by atoms with Crippen LogP contribution in [0.3, 0.4) is 0 Å². The Morgan fingerprint density at radius 3 is 2.76 bits per heavy atom. The summed E-state index contributed by atoms with van der Waals surface area (Å²) in [4.78, 5) is 23.2. The summed E-state index contributed by atoms with van der Waals surface area (Å²) in [5.41, 5.74) is 0.396. The van der Waals surface area contributed by atoms with Gasteiger partial charge in [0.2, 0.25) is 5.91 Å². The van der Waals surface area contributed by atoms with Gasteiger partial charge in [-0.25, -0.2) is 4.39 Å². The van der Waals surface area contributed by atoms with Crippen LogP contribution in [0.15, 0.2) is 18.2 Å². The van der Waals surface area contributed by atoms with Crippen molar-refractivity contribution in [2.75, 3.05) is 19.7 Å². The van der Waals surface area contributed by atoms with Gasteiger partial charge in [-0.1, -0.05) is 11.8 Å². The second-order valence-electron chi connectivity index (χ2n) is 4.11. The highest BCUT2D eigenvalue weighted by Crippen LogP contribution is 2.10. The van der Waals surface area contributed by atoms with Gasteiger partial charge >= 0.3 is 0 Å². The second kappa shape index (κ2) is 8.72. The highest BCUT2D eigenvalue weighted by molar-refractivity contribution is 5.96. The lowest BCUT2D eigenvalue weighted by molar-refractivity contribution is -0.120. The average Bonchev–Trinajstić information content (AvgIpc) is 2.45. The second-order valence-corrected chi connectivity index (χ2v) is 4.11. The Kier molecular flexibility index (Phi) is 6.92. The van der Waals surface area contributed by atoms with E-state index in [0.717, 1.165) is 12.1 Å². The summed E-state index contributed by atoms with van der Waals surface area (Å²) < 4.78 is 13.2. The predicted octanol–water partition coefficient (Wildman–Crippen LogP) is 0.425. The Hall–Kier alpha value is -2.39. The van der Waals surface area contributed by atoms with Gasteiger partial charge in [0.05, 0.1) is 5.56 Å². The molecule has 2 amide bonds. The minimum Gasteiger partial charge on any atom is -0.384 e. The maximum absolute atomic E-state index is 13.2. The number of hydrogen-bond donors (Lipinski definition) is 3. The molecule has 1 rings (SSSR count). The van der Waals surface area contributed by atoms with Gasteiger partial charge in [0, 0.05) is 25.1 Å². The van der Waals surface area contributed by atoms with Crippen LogP contribution in [0.2, 0.25) is 0 Å². The van der Waals surface area contributed by atoms with E-state index in [4.69, 9.17) is 5.11 Å². The van der Waals surface area contributed by atoms with Gasteiger partial charge < -0.3 is 15.7 Å². The van der Waals surface area contributed by atoms with Gasteiger partial charge in [0.1, 0.15) is 12.4 Å². The van der Waals surface area contributed by atoms with E-state index < -0.39 is 11.7 Å². The standard InChI is InChI=1S/C15H17FN2O3/c1-2-17-14(20)7-8-18-15(21)13-6-5-12(16)10-11(13)4-3-9-19/h5-6,10,19H,2,7-9H2,1H3,(H,17,20)(H,18,21). The van der Waals surface area contributed by atoms with E-state index in [1.54, 1.807) is 6.92 Å². The topological polar surface area (TPSA) is 78.4 Å². The smallest absolute Gasteiger partial charge is 0.252 e. The Morgan fingerprint density at radius 1 is 1.33 bits per heavy atom. The Bertz CT molecular complexity index is 576. The molecule has 0 saturated carbocycles. The molecule has 0 aromatic heterocycles. The fourth-order valence-corrected chi connectivity index (χ4v) is 1.62. The fourth-order valence-electron chi connectivity index (χ4n) is 1.62. The quantitative estimate of drug-likeness (QED) is 0.689. The summed E-state index contributed by atoms with van der Waals surface area (Å²) in [5, 5.41) is 13.9. The molecule has 1 aromatic carbocycles. The summed E-state index contributed by atoms with van der Waals surface area (Å²) in [7, 11) is 0. The Labute approximate surface area is 122 Å². The maximum atomic E-state index is 13.2. The Morgan fingerprint density at radius 2 is 2.10 bits per heavy atom.